The Morgan fingerprint density at radius 2 is 1.03 bits per heavy atom. The van der Waals surface area contributed by atoms with Crippen molar-refractivity contribution >= 4 is 24.0 Å². The van der Waals surface area contributed by atoms with Crippen molar-refractivity contribution in [2.24, 2.45) is 23.3 Å². The summed E-state index contributed by atoms with van der Waals surface area (Å²) in [6.45, 7) is 10.5. The first-order valence-electron chi connectivity index (χ1n) is 14.0. The smallest absolute Gasteiger partial charge is 0.324 e. The minimum Gasteiger partial charge on any atom is -0.370 e. The Morgan fingerprint density at radius 1 is 0.667 bits per heavy atom. The molecule has 0 aromatic rings. The summed E-state index contributed by atoms with van der Waals surface area (Å²) in [6, 6.07) is -0.637. The molecule has 0 aliphatic rings. The van der Waals surface area contributed by atoms with Gasteiger partial charge >= 0.3 is 12.1 Å². The van der Waals surface area contributed by atoms with Crippen LogP contribution in [0.2, 0.25) is 0 Å². The largest absolute Gasteiger partial charge is 0.370 e. The van der Waals surface area contributed by atoms with Crippen molar-refractivity contribution in [3.63, 3.8) is 0 Å². The zero-order valence-electron chi connectivity index (χ0n) is 23.3. The van der Waals surface area contributed by atoms with E-state index in [1.807, 2.05) is 0 Å². The molecule has 0 aromatic carbocycles. The predicted octanol–water partition coefficient (Wildman–Crippen LogP) is 4.79. The molecular formula is C26H54N8O2. The lowest BCUT2D eigenvalue weighted by Gasteiger charge is -2.24. The Balaban J connectivity index is 4.41. The van der Waals surface area contributed by atoms with Gasteiger partial charge in [0.15, 0.2) is 11.9 Å². The van der Waals surface area contributed by atoms with Gasteiger partial charge in [-0.05, 0) is 37.5 Å². The van der Waals surface area contributed by atoms with Crippen LogP contribution in [0.4, 0.5) is 9.59 Å². The van der Waals surface area contributed by atoms with Crippen molar-refractivity contribution in [2.45, 2.75) is 105 Å². The van der Waals surface area contributed by atoms with E-state index in [2.05, 4.69) is 38.3 Å². The molecule has 0 aromatic heterocycles. The molecule has 0 saturated heterocycles. The lowest BCUT2D eigenvalue weighted by molar-refractivity contribution is 0.214. The van der Waals surface area contributed by atoms with Crippen LogP contribution in [-0.4, -0.2) is 60.0 Å². The van der Waals surface area contributed by atoms with Gasteiger partial charge in [-0.15, -0.1) is 0 Å². The minimum absolute atomic E-state index is 0.252. The first kappa shape index (κ1) is 33.5. The number of nitrogens with two attached hydrogens (primary N) is 2. The van der Waals surface area contributed by atoms with Gasteiger partial charge in [-0.1, -0.05) is 79.1 Å². The number of guanidine groups is 2. The third-order valence-corrected chi connectivity index (χ3v) is 6.76. The Morgan fingerprint density at radius 3 is 1.31 bits per heavy atom. The minimum atomic E-state index is -0.318. The van der Waals surface area contributed by atoms with Crippen molar-refractivity contribution in [2.75, 3.05) is 26.2 Å². The van der Waals surface area contributed by atoms with Crippen LogP contribution >= 0.6 is 0 Å². The zero-order chi connectivity index (χ0) is 27.3. The molecule has 0 radical (unpaired) electrons. The van der Waals surface area contributed by atoms with E-state index in [0.29, 0.717) is 50.9 Å². The molecular weight excluding hydrogens is 456 g/mol. The second-order valence-corrected chi connectivity index (χ2v) is 9.69. The summed E-state index contributed by atoms with van der Waals surface area (Å²) in [5, 5.41) is 21.4. The number of carbonyl (C=O) groups excluding carboxylic acids is 2. The lowest BCUT2D eigenvalue weighted by Crippen LogP contribution is -2.48. The first-order valence-corrected chi connectivity index (χ1v) is 14.0. The highest BCUT2D eigenvalue weighted by Crippen LogP contribution is 2.13. The van der Waals surface area contributed by atoms with Gasteiger partial charge in [0.25, 0.3) is 0 Å². The second-order valence-electron chi connectivity index (χ2n) is 9.69. The predicted molar refractivity (Wildman–Crippen MR) is 149 cm³/mol. The number of hydrogen-bond donors (Lipinski definition) is 6. The van der Waals surface area contributed by atoms with E-state index in [9.17, 15) is 9.59 Å². The first-order chi connectivity index (χ1) is 17.2. The monoisotopic (exact) mass is 510 g/mol. The highest BCUT2D eigenvalue weighted by atomic mass is 16.2. The molecule has 8 N–H and O–H groups in total. The third kappa shape index (κ3) is 14.8. The van der Waals surface area contributed by atoms with Gasteiger partial charge in [0, 0.05) is 26.2 Å². The Labute approximate surface area is 219 Å². The molecule has 0 bridgehead atoms. The van der Waals surface area contributed by atoms with Crippen LogP contribution in [0.5, 0.6) is 0 Å². The normalized spacial score (nSPS) is 12.4. The fourth-order valence-electron chi connectivity index (χ4n) is 4.10. The Bertz CT molecular complexity index is 589. The van der Waals surface area contributed by atoms with Gasteiger partial charge in [0.2, 0.25) is 0 Å². The maximum absolute atomic E-state index is 12.5. The van der Waals surface area contributed by atoms with Gasteiger partial charge in [-0.3, -0.25) is 20.6 Å². The number of unbranched alkanes of at least 4 members (excludes halogenated alkanes) is 5. The molecule has 10 heteroatoms. The van der Waals surface area contributed by atoms with E-state index >= 15 is 0 Å². The number of nitrogens with zero attached hydrogens (tertiary/aromatic N) is 2. The summed E-state index contributed by atoms with van der Waals surface area (Å²) >= 11 is 0. The van der Waals surface area contributed by atoms with Gasteiger partial charge in [-0.25, -0.2) is 9.59 Å². The van der Waals surface area contributed by atoms with Crippen molar-refractivity contribution in [1.82, 2.24) is 20.4 Å². The molecule has 10 nitrogen and oxygen atoms in total. The molecule has 0 aliphatic carbocycles. The number of urea groups is 2. The van der Waals surface area contributed by atoms with Crippen LogP contribution in [0, 0.1) is 22.7 Å². The van der Waals surface area contributed by atoms with E-state index in [-0.39, 0.29) is 24.0 Å². The van der Waals surface area contributed by atoms with Gasteiger partial charge in [0.05, 0.1) is 0 Å². The van der Waals surface area contributed by atoms with E-state index in [1.54, 1.807) is 0 Å². The summed E-state index contributed by atoms with van der Waals surface area (Å²) in [5.74, 6) is 0.373. The van der Waals surface area contributed by atoms with Gasteiger partial charge < -0.3 is 22.1 Å². The standard InChI is InChI=1S/C26H54N8O2/c1-5-9-15-21(7-3)19-31-25(35)33(23(27)28)17-13-11-12-14-18-34(24(29)30)26(36)32-20-22(8-4)16-10-6-2/h21-22H,5-20H2,1-4H3,(H3,27,28)(H3,29,30)(H,31,35)(H,32,36). The zero-order valence-corrected chi connectivity index (χ0v) is 23.3. The van der Waals surface area contributed by atoms with E-state index in [1.165, 1.54) is 9.80 Å². The van der Waals surface area contributed by atoms with Crippen LogP contribution in [-0.2, 0) is 0 Å². The molecule has 0 heterocycles. The van der Waals surface area contributed by atoms with Crippen molar-refractivity contribution in [3.8, 4) is 0 Å². The van der Waals surface area contributed by atoms with Crippen LogP contribution < -0.4 is 22.1 Å². The number of nitrogens with one attached hydrogen (secondary N) is 4. The maximum atomic E-state index is 12.5. The topological polar surface area (TPSA) is 164 Å². The maximum Gasteiger partial charge on any atom is 0.324 e. The van der Waals surface area contributed by atoms with Crippen LogP contribution in [0.1, 0.15) is 105 Å². The molecule has 0 aliphatic heterocycles. The molecule has 210 valence electrons. The molecule has 2 atom stereocenters. The average molecular weight is 511 g/mol. The number of rotatable bonds is 19. The van der Waals surface area contributed by atoms with Crippen molar-refractivity contribution in [3.05, 3.63) is 0 Å². The van der Waals surface area contributed by atoms with E-state index in [0.717, 1.165) is 64.2 Å². The highest BCUT2D eigenvalue weighted by Gasteiger charge is 2.19. The number of amides is 4. The molecule has 4 amide bonds. The Hall–Kier alpha value is -2.52. The molecule has 36 heavy (non-hydrogen) atoms. The number of carbonyl (C=O) groups is 2. The SMILES string of the molecule is CCCCC(CC)CNC(=O)N(CCCCCCN(C(=N)N)C(=O)NCC(CC)CCCC)C(=N)N. The highest BCUT2D eigenvalue weighted by molar-refractivity contribution is 5.94. The molecule has 2 unspecified atom stereocenters. The van der Waals surface area contributed by atoms with Crippen molar-refractivity contribution in [1.29, 1.82) is 10.8 Å². The lowest BCUT2D eigenvalue weighted by atomic mass is 9.99. The van der Waals surface area contributed by atoms with Crippen LogP contribution in [0.25, 0.3) is 0 Å². The fraction of sp³-hybridized carbons (Fsp3) is 0.846. The summed E-state index contributed by atoms with van der Waals surface area (Å²) in [4.78, 5) is 27.6. The van der Waals surface area contributed by atoms with Gasteiger partial charge in [0.1, 0.15) is 0 Å². The van der Waals surface area contributed by atoms with Crippen molar-refractivity contribution < 1.29 is 9.59 Å². The summed E-state index contributed by atoms with van der Waals surface area (Å²) in [6.07, 6.45) is 11.8. The van der Waals surface area contributed by atoms with Crippen LogP contribution in [0.15, 0.2) is 0 Å². The summed E-state index contributed by atoms with van der Waals surface area (Å²) < 4.78 is 0. The van der Waals surface area contributed by atoms with Gasteiger partial charge in [-0.2, -0.15) is 0 Å². The second kappa shape index (κ2) is 20.7. The fourth-order valence-corrected chi connectivity index (χ4v) is 4.10. The molecule has 0 spiro atoms. The summed E-state index contributed by atoms with van der Waals surface area (Å²) in [5.41, 5.74) is 11.3. The third-order valence-electron chi connectivity index (χ3n) is 6.76. The number of hydrogen-bond acceptors (Lipinski definition) is 4. The van der Waals surface area contributed by atoms with E-state index < -0.39 is 0 Å². The van der Waals surface area contributed by atoms with E-state index in [4.69, 9.17) is 22.3 Å². The van der Waals surface area contributed by atoms with Crippen LogP contribution in [0.3, 0.4) is 0 Å². The summed E-state index contributed by atoms with van der Waals surface area (Å²) in [7, 11) is 0. The quantitative estimate of drug-likeness (QED) is 0.0836. The molecule has 0 saturated carbocycles. The average Bonchev–Trinajstić information content (AvgIpc) is 2.85. The molecule has 0 rings (SSSR count). The Kier molecular flexibility index (Phi) is 19.2. The molecule has 0 fully saturated rings.